The Hall–Kier alpha value is -3.49. The Morgan fingerprint density at radius 2 is 1.87 bits per heavy atom. The van der Waals surface area contributed by atoms with Crippen LogP contribution in [0.15, 0.2) is 43.2 Å². The van der Waals surface area contributed by atoms with Crippen molar-refractivity contribution in [3.05, 3.63) is 54.4 Å². The molecule has 1 saturated heterocycles. The fourth-order valence-electron chi connectivity index (χ4n) is 4.42. The molecule has 0 N–H and O–H groups in total. The Morgan fingerprint density at radius 3 is 2.65 bits per heavy atom. The molecule has 5 rings (SSSR count). The Morgan fingerprint density at radius 1 is 1.03 bits per heavy atom. The number of carbonyl (C=O) groups is 1. The van der Waals surface area contributed by atoms with Gasteiger partial charge in [0, 0.05) is 38.2 Å². The third-order valence-corrected chi connectivity index (χ3v) is 6.20. The van der Waals surface area contributed by atoms with E-state index in [0.717, 1.165) is 50.5 Å². The van der Waals surface area contributed by atoms with Crippen molar-refractivity contribution in [2.75, 3.05) is 31.6 Å². The summed E-state index contributed by atoms with van der Waals surface area (Å²) in [4.78, 5) is 30.1. The van der Waals surface area contributed by atoms with Gasteiger partial charge in [-0.05, 0) is 42.5 Å². The van der Waals surface area contributed by atoms with Gasteiger partial charge < -0.3 is 14.5 Å². The maximum Gasteiger partial charge on any atom is 0.226 e. The molecule has 4 heterocycles. The maximum atomic E-state index is 13.2. The number of nitrogens with zero attached hydrogens (tertiary/aromatic N) is 7. The van der Waals surface area contributed by atoms with Gasteiger partial charge in [0.1, 0.15) is 30.5 Å². The van der Waals surface area contributed by atoms with E-state index in [1.807, 2.05) is 17.0 Å². The summed E-state index contributed by atoms with van der Waals surface area (Å²) >= 11 is 0. The van der Waals surface area contributed by atoms with Crippen LogP contribution in [0.4, 0.5) is 5.82 Å². The van der Waals surface area contributed by atoms with Crippen LogP contribution in [0.2, 0.25) is 0 Å². The molecule has 0 bridgehead atoms. The van der Waals surface area contributed by atoms with E-state index in [4.69, 9.17) is 4.74 Å². The van der Waals surface area contributed by atoms with E-state index < -0.39 is 0 Å². The van der Waals surface area contributed by atoms with Gasteiger partial charge in [0.25, 0.3) is 0 Å². The monoisotopic (exact) mass is 419 g/mol. The molecule has 3 aromatic rings. The molecule has 1 fully saturated rings. The van der Waals surface area contributed by atoms with Crippen molar-refractivity contribution in [2.45, 2.75) is 25.8 Å². The molecule has 2 aliphatic rings. The quantitative estimate of drug-likeness (QED) is 0.638. The second kappa shape index (κ2) is 8.33. The third-order valence-electron chi connectivity index (χ3n) is 6.20. The molecule has 160 valence electrons. The van der Waals surface area contributed by atoms with Gasteiger partial charge in [-0.2, -0.15) is 5.10 Å². The summed E-state index contributed by atoms with van der Waals surface area (Å²) in [6.45, 7) is 3.05. The van der Waals surface area contributed by atoms with Crippen LogP contribution in [0, 0.1) is 5.92 Å². The summed E-state index contributed by atoms with van der Waals surface area (Å²) in [7, 11) is 1.68. The fourth-order valence-corrected chi connectivity index (χ4v) is 4.42. The average molecular weight is 419 g/mol. The van der Waals surface area contributed by atoms with Crippen molar-refractivity contribution in [2.24, 2.45) is 5.92 Å². The van der Waals surface area contributed by atoms with E-state index in [9.17, 15) is 4.79 Å². The standard InChI is InChI=1S/C22H25N7O2/c1-31-19-3-2-18-12-28(9-6-17(18)10-19)22(30)16-4-7-27(8-5-16)20-11-21(25-14-24-20)29-15-23-13-26-29/h2-3,10-11,13-16H,4-9,12H2,1H3. The molecule has 31 heavy (non-hydrogen) atoms. The Balaban J connectivity index is 1.21. The molecule has 2 aromatic heterocycles. The van der Waals surface area contributed by atoms with Gasteiger partial charge in [-0.15, -0.1) is 0 Å². The van der Waals surface area contributed by atoms with E-state index in [1.54, 1.807) is 24.4 Å². The van der Waals surface area contributed by atoms with Crippen molar-refractivity contribution in [1.29, 1.82) is 0 Å². The number of amides is 1. The lowest BCUT2D eigenvalue weighted by molar-refractivity contribution is -0.137. The summed E-state index contributed by atoms with van der Waals surface area (Å²) in [6.07, 6.45) is 7.17. The largest absolute Gasteiger partial charge is 0.497 e. The van der Waals surface area contributed by atoms with E-state index in [1.165, 1.54) is 17.5 Å². The van der Waals surface area contributed by atoms with Gasteiger partial charge in [0.05, 0.1) is 7.11 Å². The first kappa shape index (κ1) is 19.5. The number of anilines is 1. The second-order valence-corrected chi connectivity index (χ2v) is 7.98. The summed E-state index contributed by atoms with van der Waals surface area (Å²) in [6, 6.07) is 8.05. The maximum absolute atomic E-state index is 13.2. The first-order valence-corrected chi connectivity index (χ1v) is 10.6. The number of hydrogen-bond acceptors (Lipinski definition) is 7. The zero-order valence-electron chi connectivity index (χ0n) is 17.5. The molecule has 1 aromatic carbocycles. The lowest BCUT2D eigenvalue weighted by atomic mass is 9.93. The predicted molar refractivity (Wildman–Crippen MR) is 114 cm³/mol. The lowest BCUT2D eigenvalue weighted by Gasteiger charge is -2.36. The molecule has 9 heteroatoms. The molecule has 2 aliphatic heterocycles. The highest BCUT2D eigenvalue weighted by atomic mass is 16.5. The Kier molecular flexibility index (Phi) is 5.23. The minimum absolute atomic E-state index is 0.0627. The van der Waals surface area contributed by atoms with Crippen molar-refractivity contribution in [1.82, 2.24) is 29.6 Å². The summed E-state index contributed by atoms with van der Waals surface area (Å²) in [5, 5.41) is 4.13. The number of benzene rings is 1. The predicted octanol–water partition coefficient (Wildman–Crippen LogP) is 1.87. The molecular weight excluding hydrogens is 394 g/mol. The molecule has 0 spiro atoms. The number of carbonyl (C=O) groups excluding carboxylic acids is 1. The number of methoxy groups -OCH3 is 1. The fraction of sp³-hybridized carbons (Fsp3) is 0.409. The van der Waals surface area contributed by atoms with Crippen molar-refractivity contribution >= 4 is 11.7 Å². The molecular formula is C22H25N7O2. The zero-order chi connectivity index (χ0) is 21.2. The number of ether oxygens (including phenoxy) is 1. The minimum Gasteiger partial charge on any atom is -0.497 e. The van der Waals surface area contributed by atoms with Crippen LogP contribution < -0.4 is 9.64 Å². The summed E-state index contributed by atoms with van der Waals surface area (Å²) in [5.74, 6) is 2.75. The molecule has 1 amide bonds. The van der Waals surface area contributed by atoms with E-state index in [-0.39, 0.29) is 11.8 Å². The molecule has 9 nitrogen and oxygen atoms in total. The van der Waals surface area contributed by atoms with Crippen LogP contribution in [0.5, 0.6) is 5.75 Å². The molecule has 0 radical (unpaired) electrons. The highest BCUT2D eigenvalue weighted by Gasteiger charge is 2.31. The summed E-state index contributed by atoms with van der Waals surface area (Å²) < 4.78 is 6.94. The lowest BCUT2D eigenvalue weighted by Crippen LogP contribution is -2.44. The van der Waals surface area contributed by atoms with Crippen LogP contribution in [0.3, 0.4) is 0 Å². The first-order chi connectivity index (χ1) is 15.2. The number of hydrogen-bond donors (Lipinski definition) is 0. The number of fused-ring (bicyclic) bond motifs is 1. The molecule has 0 atom stereocenters. The van der Waals surface area contributed by atoms with Crippen LogP contribution in [0.25, 0.3) is 5.82 Å². The van der Waals surface area contributed by atoms with Gasteiger partial charge >= 0.3 is 0 Å². The number of aromatic nitrogens is 5. The minimum atomic E-state index is 0.0627. The van der Waals surface area contributed by atoms with Gasteiger partial charge in [-0.1, -0.05) is 6.07 Å². The Labute approximate surface area is 180 Å². The van der Waals surface area contributed by atoms with E-state index in [2.05, 4.69) is 37.1 Å². The normalized spacial score (nSPS) is 16.8. The van der Waals surface area contributed by atoms with E-state index >= 15 is 0 Å². The Bertz CT molecular complexity index is 1060. The zero-order valence-corrected chi connectivity index (χ0v) is 17.5. The second-order valence-electron chi connectivity index (χ2n) is 7.98. The average Bonchev–Trinajstić information content (AvgIpc) is 3.38. The molecule has 0 saturated carbocycles. The highest BCUT2D eigenvalue weighted by molar-refractivity contribution is 5.79. The topological polar surface area (TPSA) is 89.3 Å². The van der Waals surface area contributed by atoms with Gasteiger partial charge in [0.2, 0.25) is 5.91 Å². The van der Waals surface area contributed by atoms with Gasteiger partial charge in [-0.3, -0.25) is 4.79 Å². The smallest absolute Gasteiger partial charge is 0.226 e. The van der Waals surface area contributed by atoms with E-state index in [0.29, 0.717) is 12.4 Å². The van der Waals surface area contributed by atoms with Gasteiger partial charge in [-0.25, -0.2) is 19.6 Å². The van der Waals surface area contributed by atoms with Crippen LogP contribution in [0.1, 0.15) is 24.0 Å². The number of rotatable bonds is 4. The van der Waals surface area contributed by atoms with Crippen LogP contribution >= 0.6 is 0 Å². The van der Waals surface area contributed by atoms with Crippen LogP contribution in [-0.4, -0.2) is 62.3 Å². The first-order valence-electron chi connectivity index (χ1n) is 10.6. The van der Waals surface area contributed by atoms with Crippen molar-refractivity contribution in [3.63, 3.8) is 0 Å². The molecule has 0 aliphatic carbocycles. The highest BCUT2D eigenvalue weighted by Crippen LogP contribution is 2.28. The van der Waals surface area contributed by atoms with Crippen molar-refractivity contribution < 1.29 is 9.53 Å². The SMILES string of the molecule is COc1ccc2c(c1)CCN(C(=O)C1CCN(c3cc(-n4cncn4)ncn3)CC1)C2. The molecule has 0 unspecified atom stereocenters. The summed E-state index contributed by atoms with van der Waals surface area (Å²) in [5.41, 5.74) is 2.50. The van der Waals surface area contributed by atoms with Crippen molar-refractivity contribution in [3.8, 4) is 11.6 Å². The van der Waals surface area contributed by atoms with Gasteiger partial charge in [0.15, 0.2) is 5.82 Å². The van der Waals surface area contributed by atoms with Crippen LogP contribution in [-0.2, 0) is 17.8 Å². The number of piperidine rings is 1. The third kappa shape index (κ3) is 3.95.